The normalized spacial score (nSPS) is 12.4. The van der Waals surface area contributed by atoms with Gasteiger partial charge in [0, 0.05) is 10.9 Å². The van der Waals surface area contributed by atoms with Crippen molar-refractivity contribution in [2.24, 2.45) is 5.73 Å². The van der Waals surface area contributed by atoms with E-state index in [4.69, 9.17) is 10.5 Å². The minimum absolute atomic E-state index is 0.0550. The summed E-state index contributed by atoms with van der Waals surface area (Å²) in [4.78, 5) is 4.61. The number of rotatable bonds is 5. The van der Waals surface area contributed by atoms with E-state index in [1.165, 1.54) is 0 Å². The summed E-state index contributed by atoms with van der Waals surface area (Å²) in [5.41, 5.74) is 8.12. The molecule has 96 valence electrons. The van der Waals surface area contributed by atoms with Gasteiger partial charge < -0.3 is 10.5 Å². The summed E-state index contributed by atoms with van der Waals surface area (Å²) in [6, 6.07) is 7.98. The van der Waals surface area contributed by atoms with Gasteiger partial charge >= 0.3 is 0 Å². The third-order valence-corrected chi connectivity index (χ3v) is 3.78. The molecule has 0 bridgehead atoms. The Hall–Kier alpha value is -1.39. The minimum Gasteiger partial charge on any atom is -0.497 e. The first-order valence-electron chi connectivity index (χ1n) is 6.10. The number of ether oxygens (including phenoxy) is 1. The predicted molar refractivity (Wildman–Crippen MR) is 75.9 cm³/mol. The Labute approximate surface area is 112 Å². The molecule has 0 saturated heterocycles. The molecule has 0 aliphatic heterocycles. The van der Waals surface area contributed by atoms with Crippen molar-refractivity contribution >= 4 is 11.3 Å². The Morgan fingerprint density at radius 2 is 2.28 bits per heavy atom. The lowest BCUT2D eigenvalue weighted by Crippen LogP contribution is -2.09. The predicted octanol–water partition coefficient (Wildman–Crippen LogP) is 3.62. The van der Waals surface area contributed by atoms with E-state index in [2.05, 4.69) is 17.3 Å². The van der Waals surface area contributed by atoms with Crippen LogP contribution < -0.4 is 10.5 Å². The monoisotopic (exact) mass is 262 g/mol. The van der Waals surface area contributed by atoms with Gasteiger partial charge in [-0.2, -0.15) is 0 Å². The van der Waals surface area contributed by atoms with Crippen LogP contribution in [0.2, 0.25) is 0 Å². The van der Waals surface area contributed by atoms with E-state index < -0.39 is 0 Å². The van der Waals surface area contributed by atoms with Gasteiger partial charge in [0.1, 0.15) is 10.8 Å². The van der Waals surface area contributed by atoms with Crippen LogP contribution in [-0.2, 0) is 0 Å². The van der Waals surface area contributed by atoms with Crippen LogP contribution in [0.25, 0.3) is 11.3 Å². The first kappa shape index (κ1) is 13.1. The molecule has 3 nitrogen and oxygen atoms in total. The zero-order valence-electron chi connectivity index (χ0n) is 10.7. The van der Waals surface area contributed by atoms with Crippen LogP contribution in [0.5, 0.6) is 5.75 Å². The highest BCUT2D eigenvalue weighted by molar-refractivity contribution is 7.10. The average Bonchev–Trinajstić information content (AvgIpc) is 2.89. The SMILES string of the molecule is CCCC(N)c1nc(-c2cccc(OC)c2)cs1. The second kappa shape index (κ2) is 5.98. The number of aromatic nitrogens is 1. The molecule has 2 aromatic rings. The van der Waals surface area contributed by atoms with Gasteiger partial charge in [-0.1, -0.05) is 25.5 Å². The van der Waals surface area contributed by atoms with E-state index in [9.17, 15) is 0 Å². The van der Waals surface area contributed by atoms with Gasteiger partial charge in [-0.05, 0) is 18.6 Å². The molecule has 2 N–H and O–H groups in total. The molecule has 0 radical (unpaired) electrons. The van der Waals surface area contributed by atoms with E-state index in [0.29, 0.717) is 0 Å². The largest absolute Gasteiger partial charge is 0.497 e. The second-order valence-corrected chi connectivity index (χ2v) is 5.09. The Kier molecular flexibility index (Phi) is 4.33. The molecule has 2 rings (SSSR count). The standard InChI is InChI=1S/C14H18N2OS/c1-3-5-12(15)14-16-13(9-18-14)10-6-4-7-11(8-10)17-2/h4,6-9,12H,3,5,15H2,1-2H3. The van der Waals surface area contributed by atoms with Crippen molar-refractivity contribution in [3.8, 4) is 17.0 Å². The molecule has 1 aromatic carbocycles. The van der Waals surface area contributed by atoms with Crippen molar-refractivity contribution in [2.45, 2.75) is 25.8 Å². The molecule has 1 unspecified atom stereocenters. The number of benzene rings is 1. The van der Waals surface area contributed by atoms with Gasteiger partial charge in [0.2, 0.25) is 0 Å². The Balaban J connectivity index is 2.23. The zero-order chi connectivity index (χ0) is 13.0. The third kappa shape index (κ3) is 2.89. The molecule has 0 fully saturated rings. The smallest absolute Gasteiger partial charge is 0.119 e. The van der Waals surface area contributed by atoms with Gasteiger partial charge in [0.05, 0.1) is 18.8 Å². The van der Waals surface area contributed by atoms with Crippen molar-refractivity contribution in [3.63, 3.8) is 0 Å². The molecular weight excluding hydrogens is 244 g/mol. The van der Waals surface area contributed by atoms with Gasteiger partial charge in [-0.3, -0.25) is 0 Å². The number of methoxy groups -OCH3 is 1. The molecule has 1 heterocycles. The van der Waals surface area contributed by atoms with Crippen LogP contribution in [0.4, 0.5) is 0 Å². The molecule has 4 heteroatoms. The fourth-order valence-electron chi connectivity index (χ4n) is 1.81. The number of thiazole rings is 1. The highest BCUT2D eigenvalue weighted by Crippen LogP contribution is 2.28. The fraction of sp³-hybridized carbons (Fsp3) is 0.357. The maximum absolute atomic E-state index is 6.08. The van der Waals surface area contributed by atoms with Crippen molar-refractivity contribution in [2.75, 3.05) is 7.11 Å². The molecule has 18 heavy (non-hydrogen) atoms. The summed E-state index contributed by atoms with van der Waals surface area (Å²) in [6.07, 6.45) is 2.06. The minimum atomic E-state index is 0.0550. The van der Waals surface area contributed by atoms with Crippen molar-refractivity contribution in [1.29, 1.82) is 0 Å². The Morgan fingerprint density at radius 3 is 3.00 bits per heavy atom. The summed E-state index contributed by atoms with van der Waals surface area (Å²) < 4.78 is 5.22. The van der Waals surface area contributed by atoms with Crippen molar-refractivity contribution in [1.82, 2.24) is 4.98 Å². The molecular formula is C14H18N2OS. The first-order chi connectivity index (χ1) is 8.74. The average molecular weight is 262 g/mol. The Bertz CT molecular complexity index is 510. The summed E-state index contributed by atoms with van der Waals surface area (Å²) in [5.74, 6) is 0.847. The van der Waals surface area contributed by atoms with Gasteiger partial charge in [-0.25, -0.2) is 4.98 Å². The van der Waals surface area contributed by atoms with Gasteiger partial charge in [0.25, 0.3) is 0 Å². The molecule has 0 aliphatic carbocycles. The lowest BCUT2D eigenvalue weighted by molar-refractivity contribution is 0.415. The Morgan fingerprint density at radius 1 is 1.44 bits per heavy atom. The van der Waals surface area contributed by atoms with Gasteiger partial charge in [-0.15, -0.1) is 11.3 Å². The van der Waals surface area contributed by atoms with E-state index in [0.717, 1.165) is 34.9 Å². The second-order valence-electron chi connectivity index (χ2n) is 4.20. The molecule has 1 aromatic heterocycles. The topological polar surface area (TPSA) is 48.1 Å². The molecule has 0 amide bonds. The highest BCUT2D eigenvalue weighted by atomic mass is 32.1. The lowest BCUT2D eigenvalue weighted by Gasteiger charge is -2.05. The van der Waals surface area contributed by atoms with Crippen molar-refractivity contribution in [3.05, 3.63) is 34.7 Å². The maximum atomic E-state index is 6.08. The van der Waals surface area contributed by atoms with E-state index in [1.807, 2.05) is 24.3 Å². The van der Waals surface area contributed by atoms with Crippen LogP contribution >= 0.6 is 11.3 Å². The zero-order valence-corrected chi connectivity index (χ0v) is 11.5. The molecule has 0 spiro atoms. The van der Waals surface area contributed by atoms with Crippen LogP contribution in [0.1, 0.15) is 30.8 Å². The van der Waals surface area contributed by atoms with E-state index in [-0.39, 0.29) is 6.04 Å². The summed E-state index contributed by atoms with van der Waals surface area (Å²) in [5, 5.41) is 3.06. The summed E-state index contributed by atoms with van der Waals surface area (Å²) in [7, 11) is 1.67. The summed E-state index contributed by atoms with van der Waals surface area (Å²) >= 11 is 1.63. The number of nitrogens with two attached hydrogens (primary N) is 1. The molecule has 0 saturated carbocycles. The molecule has 1 atom stereocenters. The highest BCUT2D eigenvalue weighted by Gasteiger charge is 2.11. The van der Waals surface area contributed by atoms with Crippen LogP contribution in [0.3, 0.4) is 0 Å². The number of hydrogen-bond donors (Lipinski definition) is 1. The van der Waals surface area contributed by atoms with Crippen molar-refractivity contribution < 1.29 is 4.74 Å². The van der Waals surface area contributed by atoms with Crippen LogP contribution in [0, 0.1) is 0 Å². The third-order valence-electron chi connectivity index (χ3n) is 2.80. The number of nitrogens with zero attached hydrogens (tertiary/aromatic N) is 1. The first-order valence-corrected chi connectivity index (χ1v) is 6.98. The molecule has 0 aliphatic rings. The van der Waals surface area contributed by atoms with Gasteiger partial charge in [0.15, 0.2) is 0 Å². The lowest BCUT2D eigenvalue weighted by atomic mass is 10.1. The maximum Gasteiger partial charge on any atom is 0.119 e. The summed E-state index contributed by atoms with van der Waals surface area (Å²) in [6.45, 7) is 2.14. The quantitative estimate of drug-likeness (QED) is 0.895. The van der Waals surface area contributed by atoms with E-state index in [1.54, 1.807) is 18.4 Å². The fourth-order valence-corrected chi connectivity index (χ4v) is 2.67. The van der Waals surface area contributed by atoms with Crippen LogP contribution in [0.15, 0.2) is 29.6 Å². The van der Waals surface area contributed by atoms with E-state index >= 15 is 0 Å². The van der Waals surface area contributed by atoms with Crippen LogP contribution in [-0.4, -0.2) is 12.1 Å². The number of hydrogen-bond acceptors (Lipinski definition) is 4.